The molecule has 0 radical (unpaired) electrons. The van der Waals surface area contributed by atoms with Gasteiger partial charge in [0.05, 0.1) is 17.6 Å². The van der Waals surface area contributed by atoms with Gasteiger partial charge in [0.1, 0.15) is 0 Å². The van der Waals surface area contributed by atoms with E-state index in [9.17, 15) is 9.59 Å². The third-order valence-corrected chi connectivity index (χ3v) is 3.73. The minimum absolute atomic E-state index is 0.190. The highest BCUT2D eigenvalue weighted by Gasteiger charge is 2.36. The van der Waals surface area contributed by atoms with Crippen LogP contribution in [0.25, 0.3) is 0 Å². The summed E-state index contributed by atoms with van der Waals surface area (Å²) < 4.78 is 0. The third-order valence-electron chi connectivity index (χ3n) is 3.73. The summed E-state index contributed by atoms with van der Waals surface area (Å²) in [5, 5.41) is 18.0. The first-order chi connectivity index (χ1) is 9.90. The highest BCUT2D eigenvalue weighted by atomic mass is 16.2. The zero-order valence-corrected chi connectivity index (χ0v) is 12.0. The van der Waals surface area contributed by atoms with Crippen LogP contribution in [0.1, 0.15) is 25.8 Å². The quantitative estimate of drug-likeness (QED) is 0.775. The van der Waals surface area contributed by atoms with Gasteiger partial charge in [-0.1, -0.05) is 12.1 Å². The topological polar surface area (TPSA) is 85.0 Å². The number of nitriles is 2. The largest absolute Gasteiger partial charge is 0.310 e. The molecule has 0 N–H and O–H groups in total. The molecular formula is C16H15N3O2. The van der Waals surface area contributed by atoms with E-state index in [1.54, 1.807) is 30.3 Å². The summed E-state index contributed by atoms with van der Waals surface area (Å²) >= 11 is 0. The summed E-state index contributed by atoms with van der Waals surface area (Å²) in [6, 6.07) is 11.1. The number of hydrogen-bond acceptors (Lipinski definition) is 4. The molecule has 21 heavy (non-hydrogen) atoms. The van der Waals surface area contributed by atoms with Gasteiger partial charge in [0, 0.05) is 18.7 Å². The lowest BCUT2D eigenvalue weighted by Crippen LogP contribution is -2.45. The lowest BCUT2D eigenvalue weighted by Gasteiger charge is -2.29. The maximum absolute atomic E-state index is 12.1. The number of rotatable bonds is 2. The Labute approximate surface area is 123 Å². The molecule has 5 heteroatoms. The van der Waals surface area contributed by atoms with Crippen LogP contribution < -0.4 is 4.90 Å². The second-order valence-corrected chi connectivity index (χ2v) is 5.55. The van der Waals surface area contributed by atoms with E-state index in [-0.39, 0.29) is 18.7 Å². The van der Waals surface area contributed by atoms with E-state index in [0.29, 0.717) is 5.69 Å². The van der Waals surface area contributed by atoms with Crippen molar-refractivity contribution in [3.05, 3.63) is 29.8 Å². The first kappa shape index (κ1) is 14.7. The van der Waals surface area contributed by atoms with Crippen molar-refractivity contribution < 1.29 is 9.59 Å². The summed E-state index contributed by atoms with van der Waals surface area (Å²) in [4.78, 5) is 25.1. The molecule has 1 aliphatic rings. The van der Waals surface area contributed by atoms with Crippen LogP contribution in [0.3, 0.4) is 0 Å². The lowest BCUT2D eigenvalue weighted by molar-refractivity contribution is -0.132. The van der Waals surface area contributed by atoms with Gasteiger partial charge in [0.2, 0.25) is 0 Å². The Morgan fingerprint density at radius 3 is 2.33 bits per heavy atom. The van der Waals surface area contributed by atoms with Gasteiger partial charge in [-0.25, -0.2) is 0 Å². The van der Waals surface area contributed by atoms with E-state index in [0.717, 1.165) is 5.56 Å². The van der Waals surface area contributed by atoms with Gasteiger partial charge in [0.15, 0.2) is 11.7 Å². The molecule has 1 fully saturated rings. The number of anilines is 1. The van der Waals surface area contributed by atoms with E-state index >= 15 is 0 Å². The Morgan fingerprint density at radius 2 is 1.81 bits per heavy atom. The highest BCUT2D eigenvalue weighted by Crippen LogP contribution is 2.27. The summed E-state index contributed by atoms with van der Waals surface area (Å²) in [7, 11) is 0. The molecule has 2 rings (SSSR count). The van der Waals surface area contributed by atoms with Crippen LogP contribution in [-0.2, 0) is 15.0 Å². The number of nitrogens with zero attached hydrogens (tertiary/aromatic N) is 3. The number of hydrogen-bond donors (Lipinski definition) is 0. The minimum atomic E-state index is -1.20. The van der Waals surface area contributed by atoms with Gasteiger partial charge < -0.3 is 4.90 Å². The molecule has 1 saturated heterocycles. The number of benzene rings is 1. The first-order valence-electron chi connectivity index (χ1n) is 6.66. The fourth-order valence-electron chi connectivity index (χ4n) is 2.28. The molecule has 0 bridgehead atoms. The molecule has 1 atom stereocenters. The van der Waals surface area contributed by atoms with Crippen LogP contribution in [0.5, 0.6) is 0 Å². The number of amides is 1. The Balaban J connectivity index is 2.28. The van der Waals surface area contributed by atoms with Gasteiger partial charge in [-0.15, -0.1) is 0 Å². The van der Waals surface area contributed by atoms with Crippen LogP contribution in [-0.4, -0.2) is 18.2 Å². The Morgan fingerprint density at radius 1 is 1.19 bits per heavy atom. The highest BCUT2D eigenvalue weighted by molar-refractivity contribution is 6.13. The van der Waals surface area contributed by atoms with Crippen molar-refractivity contribution in [2.24, 2.45) is 5.92 Å². The second-order valence-electron chi connectivity index (χ2n) is 5.55. The lowest BCUT2D eigenvalue weighted by atomic mass is 9.86. The molecule has 0 aromatic heterocycles. The average Bonchev–Trinajstić information content (AvgIpc) is 2.48. The summed E-state index contributed by atoms with van der Waals surface area (Å²) in [5.41, 5.74) is 0.895. The molecule has 1 amide bonds. The molecule has 0 saturated carbocycles. The third kappa shape index (κ3) is 2.64. The first-order valence-corrected chi connectivity index (χ1v) is 6.66. The molecule has 1 unspecified atom stereocenters. The molecule has 106 valence electrons. The van der Waals surface area contributed by atoms with Crippen LogP contribution >= 0.6 is 0 Å². The molecule has 5 nitrogen and oxygen atoms in total. The number of carbonyl (C=O) groups excluding carboxylic acids is 2. The van der Waals surface area contributed by atoms with Gasteiger partial charge in [-0.2, -0.15) is 10.5 Å². The van der Waals surface area contributed by atoms with Crippen molar-refractivity contribution in [2.45, 2.75) is 25.7 Å². The predicted molar refractivity (Wildman–Crippen MR) is 76.2 cm³/mol. The van der Waals surface area contributed by atoms with Crippen molar-refractivity contribution in [3.63, 3.8) is 0 Å². The number of piperidine rings is 1. The van der Waals surface area contributed by atoms with Crippen molar-refractivity contribution in [1.29, 1.82) is 10.5 Å². The maximum atomic E-state index is 12.1. The number of Topliss-reactive ketones (excluding diaryl/α,β-unsaturated/α-hetero) is 1. The van der Waals surface area contributed by atoms with Gasteiger partial charge >= 0.3 is 0 Å². The molecule has 1 aromatic carbocycles. The van der Waals surface area contributed by atoms with Crippen LogP contribution in [0.2, 0.25) is 0 Å². The summed E-state index contributed by atoms with van der Waals surface area (Å²) in [5.74, 6) is -1.99. The zero-order valence-electron chi connectivity index (χ0n) is 12.0. The van der Waals surface area contributed by atoms with Gasteiger partial charge in [0.25, 0.3) is 5.91 Å². The Hall–Kier alpha value is -2.66. The number of carbonyl (C=O) groups is 2. The average molecular weight is 281 g/mol. The molecular weight excluding hydrogens is 266 g/mol. The van der Waals surface area contributed by atoms with Crippen molar-refractivity contribution in [2.75, 3.05) is 11.4 Å². The smallest absolute Gasteiger partial charge is 0.251 e. The summed E-state index contributed by atoms with van der Waals surface area (Å²) in [6.45, 7) is 3.92. The monoisotopic (exact) mass is 281 g/mol. The molecule has 1 aliphatic heterocycles. The standard InChI is InChI=1S/C16H15N3O2/c1-16(2,10-18)11-3-5-12(6-4-11)19-8-7-14(20)13(9-17)15(19)21/h3-6,13H,7-8H2,1-2H3. The van der Waals surface area contributed by atoms with Crippen LogP contribution in [0.4, 0.5) is 5.69 Å². The van der Waals surface area contributed by atoms with E-state index in [1.807, 2.05) is 13.8 Å². The second kappa shape index (κ2) is 5.38. The van der Waals surface area contributed by atoms with Crippen molar-refractivity contribution >= 4 is 17.4 Å². The van der Waals surface area contributed by atoms with Crippen LogP contribution in [0, 0.1) is 28.6 Å². The van der Waals surface area contributed by atoms with Crippen LogP contribution in [0.15, 0.2) is 24.3 Å². The maximum Gasteiger partial charge on any atom is 0.251 e. The predicted octanol–water partition coefficient (Wildman–Crippen LogP) is 1.93. The molecule has 1 heterocycles. The SMILES string of the molecule is CC(C)(C#N)c1ccc(N2CCC(=O)C(C#N)C2=O)cc1. The number of ketones is 1. The van der Waals surface area contributed by atoms with E-state index < -0.39 is 17.2 Å². The van der Waals surface area contributed by atoms with E-state index in [4.69, 9.17) is 10.5 Å². The molecule has 0 spiro atoms. The Bertz CT molecular complexity index is 662. The minimum Gasteiger partial charge on any atom is -0.310 e. The molecule has 0 aliphatic carbocycles. The van der Waals surface area contributed by atoms with Gasteiger partial charge in [-0.3, -0.25) is 9.59 Å². The molecule has 1 aromatic rings. The summed E-state index contributed by atoms with van der Waals surface area (Å²) in [6.07, 6.45) is 0.190. The van der Waals surface area contributed by atoms with Crippen molar-refractivity contribution in [3.8, 4) is 12.1 Å². The normalized spacial score (nSPS) is 19.0. The van der Waals surface area contributed by atoms with E-state index in [2.05, 4.69) is 6.07 Å². The Kier molecular flexibility index (Phi) is 3.78. The zero-order chi connectivity index (χ0) is 15.6. The fraction of sp³-hybridized carbons (Fsp3) is 0.375. The fourth-order valence-corrected chi connectivity index (χ4v) is 2.28. The van der Waals surface area contributed by atoms with Crippen molar-refractivity contribution in [1.82, 2.24) is 0 Å². The van der Waals surface area contributed by atoms with Gasteiger partial charge in [-0.05, 0) is 31.5 Å². The van der Waals surface area contributed by atoms with E-state index in [1.165, 1.54) is 4.90 Å².